The van der Waals surface area contributed by atoms with Crippen molar-refractivity contribution in [2.75, 3.05) is 32.1 Å². The highest BCUT2D eigenvalue weighted by molar-refractivity contribution is 5.97. The maximum Gasteiger partial charge on any atom is 0.255 e. The first-order valence-electron chi connectivity index (χ1n) is 8.42. The molecule has 26 heavy (non-hydrogen) atoms. The maximum atomic E-state index is 12.9. The van der Waals surface area contributed by atoms with Crippen LogP contribution in [0.3, 0.4) is 0 Å². The number of carbonyl (C=O) groups excluding carboxylic acids is 1. The first kappa shape index (κ1) is 16.2. The fraction of sp³-hybridized carbons (Fsp3) is 0.353. The number of carbonyl (C=O) groups is 1. The van der Waals surface area contributed by atoms with E-state index < -0.39 is 0 Å². The summed E-state index contributed by atoms with van der Waals surface area (Å²) in [6.45, 7) is 1.00. The second-order valence-corrected chi connectivity index (χ2v) is 6.53. The molecule has 0 atom stereocenters. The Labute approximate surface area is 149 Å². The largest absolute Gasteiger partial charge is 0.348 e. The van der Waals surface area contributed by atoms with Crippen molar-refractivity contribution in [1.82, 2.24) is 30.3 Å². The van der Waals surface area contributed by atoms with Gasteiger partial charge in [0.05, 0.1) is 5.69 Å². The zero-order valence-corrected chi connectivity index (χ0v) is 14.6. The number of aromatic nitrogens is 5. The second kappa shape index (κ2) is 6.25. The fourth-order valence-corrected chi connectivity index (χ4v) is 3.17. The van der Waals surface area contributed by atoms with Crippen molar-refractivity contribution in [3.05, 3.63) is 45.4 Å². The summed E-state index contributed by atoms with van der Waals surface area (Å²) < 4.78 is 0. The number of rotatable bonds is 2. The van der Waals surface area contributed by atoms with Crippen molar-refractivity contribution in [2.24, 2.45) is 0 Å². The van der Waals surface area contributed by atoms with E-state index in [2.05, 4.69) is 25.4 Å². The van der Waals surface area contributed by atoms with Crippen LogP contribution >= 0.6 is 0 Å². The predicted octanol–water partition coefficient (Wildman–Crippen LogP) is 0.348. The lowest BCUT2D eigenvalue weighted by Crippen LogP contribution is -2.33. The Morgan fingerprint density at radius 1 is 1.15 bits per heavy atom. The Kier molecular flexibility index (Phi) is 3.90. The topological polar surface area (TPSA) is 111 Å². The molecule has 0 spiro atoms. The van der Waals surface area contributed by atoms with Gasteiger partial charge in [-0.3, -0.25) is 14.6 Å². The van der Waals surface area contributed by atoms with Crippen LogP contribution in [0.2, 0.25) is 0 Å². The molecule has 0 radical (unpaired) electrons. The molecule has 3 aromatic rings. The van der Waals surface area contributed by atoms with E-state index >= 15 is 0 Å². The van der Waals surface area contributed by atoms with Gasteiger partial charge in [-0.05, 0) is 24.6 Å². The number of hydrogen-bond donors (Lipinski definition) is 2. The second-order valence-electron chi connectivity index (χ2n) is 6.53. The summed E-state index contributed by atoms with van der Waals surface area (Å²) >= 11 is 0. The lowest BCUT2D eigenvalue weighted by atomic mass is 10.1. The van der Waals surface area contributed by atoms with Crippen molar-refractivity contribution in [3.63, 3.8) is 0 Å². The molecule has 0 fully saturated rings. The van der Waals surface area contributed by atoms with Crippen LogP contribution in [0.1, 0.15) is 21.6 Å². The maximum absolute atomic E-state index is 12.9. The number of anilines is 1. The number of H-pyrrole nitrogens is 2. The normalized spacial score (nSPS) is 14.2. The third-order valence-electron chi connectivity index (χ3n) is 4.61. The van der Waals surface area contributed by atoms with Gasteiger partial charge in [0.1, 0.15) is 11.0 Å². The van der Waals surface area contributed by atoms with E-state index in [1.807, 2.05) is 14.1 Å². The minimum absolute atomic E-state index is 0.0769. The number of nitrogens with one attached hydrogen (secondary N) is 2. The van der Waals surface area contributed by atoms with Crippen molar-refractivity contribution in [1.29, 1.82) is 0 Å². The predicted molar refractivity (Wildman–Crippen MR) is 96.4 cm³/mol. The number of benzene rings is 1. The van der Waals surface area contributed by atoms with Crippen LogP contribution in [0.25, 0.3) is 11.0 Å². The third kappa shape index (κ3) is 2.81. The first-order valence-corrected chi connectivity index (χ1v) is 8.42. The van der Waals surface area contributed by atoms with Crippen LogP contribution in [0.4, 0.5) is 5.95 Å². The highest BCUT2D eigenvalue weighted by Gasteiger charge is 2.23. The zero-order valence-electron chi connectivity index (χ0n) is 14.6. The summed E-state index contributed by atoms with van der Waals surface area (Å²) in [4.78, 5) is 36.1. The molecule has 1 aliphatic rings. The molecule has 0 saturated heterocycles. The molecule has 0 saturated carbocycles. The van der Waals surface area contributed by atoms with Crippen LogP contribution in [0.15, 0.2) is 23.0 Å². The van der Waals surface area contributed by atoms with Gasteiger partial charge >= 0.3 is 0 Å². The van der Waals surface area contributed by atoms with Gasteiger partial charge in [0.15, 0.2) is 0 Å². The van der Waals surface area contributed by atoms with Gasteiger partial charge in [0.25, 0.3) is 11.5 Å². The smallest absolute Gasteiger partial charge is 0.255 e. The molecule has 1 amide bonds. The molecule has 1 aromatic carbocycles. The van der Waals surface area contributed by atoms with E-state index in [0.717, 1.165) is 11.2 Å². The van der Waals surface area contributed by atoms with Gasteiger partial charge in [-0.15, -0.1) is 0 Å². The molecule has 2 N–H and O–H groups in total. The highest BCUT2D eigenvalue weighted by Crippen LogP contribution is 2.17. The van der Waals surface area contributed by atoms with Crippen molar-refractivity contribution in [3.8, 4) is 0 Å². The van der Waals surface area contributed by atoms with Crippen LogP contribution in [-0.2, 0) is 12.8 Å². The van der Waals surface area contributed by atoms with Crippen LogP contribution in [-0.4, -0.2) is 63.4 Å². The molecule has 3 heterocycles. The van der Waals surface area contributed by atoms with E-state index in [0.29, 0.717) is 48.5 Å². The minimum Gasteiger partial charge on any atom is -0.348 e. The molecule has 4 rings (SSSR count). The summed E-state index contributed by atoms with van der Waals surface area (Å²) in [5, 5.41) is 10.6. The molecular formula is C17H19N7O2. The molecule has 0 bridgehead atoms. The first-order chi connectivity index (χ1) is 12.5. The molecule has 9 heteroatoms. The van der Waals surface area contributed by atoms with E-state index in [9.17, 15) is 9.59 Å². The van der Waals surface area contributed by atoms with Gasteiger partial charge in [-0.25, -0.2) is 4.98 Å². The highest BCUT2D eigenvalue weighted by atomic mass is 16.2. The summed E-state index contributed by atoms with van der Waals surface area (Å²) in [6.07, 6.45) is 1.04. The molecule has 9 nitrogen and oxygen atoms in total. The van der Waals surface area contributed by atoms with E-state index in [-0.39, 0.29) is 11.5 Å². The summed E-state index contributed by atoms with van der Waals surface area (Å²) in [6, 6.07) is 5.25. The Hall–Kier alpha value is -3.23. The van der Waals surface area contributed by atoms with Crippen LogP contribution < -0.4 is 10.5 Å². The van der Waals surface area contributed by atoms with Crippen molar-refractivity contribution >= 4 is 22.9 Å². The number of hydrogen-bond acceptors (Lipinski definition) is 6. The molecule has 134 valence electrons. The SMILES string of the molecule is CN(C)c1nc2c(c(=O)[nH]1)CCN(C(=O)c1ccc3n[nH]nc3c1)CC2. The van der Waals surface area contributed by atoms with E-state index in [1.54, 1.807) is 28.0 Å². The molecular weight excluding hydrogens is 334 g/mol. The van der Waals surface area contributed by atoms with Gasteiger partial charge < -0.3 is 9.80 Å². The van der Waals surface area contributed by atoms with Gasteiger partial charge in [-0.1, -0.05) is 0 Å². The Bertz CT molecular complexity index is 1040. The number of fused-ring (bicyclic) bond motifs is 2. The van der Waals surface area contributed by atoms with Gasteiger partial charge in [0.2, 0.25) is 5.95 Å². The zero-order chi connectivity index (χ0) is 18.3. The molecule has 1 aliphatic heterocycles. The Balaban J connectivity index is 1.59. The lowest BCUT2D eigenvalue weighted by molar-refractivity contribution is 0.0763. The van der Waals surface area contributed by atoms with Crippen molar-refractivity contribution < 1.29 is 4.79 Å². The number of amides is 1. The van der Waals surface area contributed by atoms with Crippen LogP contribution in [0, 0.1) is 0 Å². The fourth-order valence-electron chi connectivity index (χ4n) is 3.17. The number of aromatic amines is 2. The lowest BCUT2D eigenvalue weighted by Gasteiger charge is -2.20. The summed E-state index contributed by atoms with van der Waals surface area (Å²) in [7, 11) is 3.66. The molecule has 2 aromatic heterocycles. The van der Waals surface area contributed by atoms with Crippen LogP contribution in [0.5, 0.6) is 0 Å². The van der Waals surface area contributed by atoms with E-state index in [4.69, 9.17) is 0 Å². The third-order valence-corrected chi connectivity index (χ3v) is 4.61. The minimum atomic E-state index is -0.128. The average Bonchev–Trinajstić information content (AvgIpc) is 2.99. The number of nitrogens with zero attached hydrogens (tertiary/aromatic N) is 5. The molecule has 0 unspecified atom stereocenters. The Morgan fingerprint density at radius 3 is 2.73 bits per heavy atom. The summed E-state index contributed by atoms with van der Waals surface area (Å²) in [5.74, 6) is 0.456. The Morgan fingerprint density at radius 2 is 1.92 bits per heavy atom. The van der Waals surface area contributed by atoms with Gasteiger partial charge in [-0.2, -0.15) is 15.4 Å². The van der Waals surface area contributed by atoms with E-state index in [1.165, 1.54) is 0 Å². The average molecular weight is 353 g/mol. The molecule has 0 aliphatic carbocycles. The van der Waals surface area contributed by atoms with Gasteiger partial charge in [0, 0.05) is 44.7 Å². The monoisotopic (exact) mass is 353 g/mol. The quantitative estimate of drug-likeness (QED) is 0.688. The van der Waals surface area contributed by atoms with Crippen molar-refractivity contribution in [2.45, 2.75) is 12.8 Å². The standard InChI is InChI=1S/C17H19N7O2/c1-23(2)17-18-12-6-8-24(7-5-11(12)15(25)19-17)16(26)10-3-4-13-14(9-10)21-22-20-13/h3-4,9H,5-8H2,1-2H3,(H,18,19,25)(H,20,21,22). The summed E-state index contributed by atoms with van der Waals surface area (Å²) in [5.41, 5.74) is 3.24.